The molecule has 0 radical (unpaired) electrons. The summed E-state index contributed by atoms with van der Waals surface area (Å²) in [7, 11) is 0. The maximum Gasteiger partial charge on any atom is 0.414 e. The molecule has 0 spiro atoms. The maximum atomic E-state index is 9.10. The van der Waals surface area contributed by atoms with Gasteiger partial charge in [0.25, 0.3) is 0 Å². The molecule has 0 rings (SSSR count). The van der Waals surface area contributed by atoms with Crippen LogP contribution in [0.1, 0.15) is 6.92 Å². The van der Waals surface area contributed by atoms with E-state index in [0.29, 0.717) is 13.2 Å². The second-order valence-corrected chi connectivity index (χ2v) is 1.60. The van der Waals surface area contributed by atoms with Crippen molar-refractivity contribution in [3.63, 3.8) is 0 Å². The average molecular weight is 179 g/mol. The molecule has 72 valence electrons. The van der Waals surface area contributed by atoms with E-state index >= 15 is 0 Å². The zero-order valence-corrected chi connectivity index (χ0v) is 6.82. The molecule has 0 unspecified atom stereocenters. The SMILES string of the molecule is CCOCCN.O=C(O)C(=O)O. The van der Waals surface area contributed by atoms with E-state index in [1.54, 1.807) is 0 Å². The van der Waals surface area contributed by atoms with Crippen molar-refractivity contribution in [2.24, 2.45) is 5.73 Å². The van der Waals surface area contributed by atoms with Crippen LogP contribution in [0, 0.1) is 0 Å². The van der Waals surface area contributed by atoms with Crippen molar-refractivity contribution in [3.05, 3.63) is 0 Å². The van der Waals surface area contributed by atoms with Gasteiger partial charge in [0.1, 0.15) is 0 Å². The van der Waals surface area contributed by atoms with Crippen LogP contribution in [0.25, 0.3) is 0 Å². The molecule has 6 heteroatoms. The van der Waals surface area contributed by atoms with Crippen molar-refractivity contribution >= 4 is 11.9 Å². The van der Waals surface area contributed by atoms with Gasteiger partial charge in [-0.3, -0.25) is 0 Å². The van der Waals surface area contributed by atoms with E-state index in [4.69, 9.17) is 30.3 Å². The monoisotopic (exact) mass is 179 g/mol. The molecule has 12 heavy (non-hydrogen) atoms. The third-order valence-electron chi connectivity index (χ3n) is 0.649. The molecule has 0 atom stereocenters. The number of carboxylic acid groups (broad SMARTS) is 2. The van der Waals surface area contributed by atoms with Crippen LogP contribution in [0.5, 0.6) is 0 Å². The summed E-state index contributed by atoms with van der Waals surface area (Å²) in [6.07, 6.45) is 0. The first-order valence-electron chi connectivity index (χ1n) is 3.30. The van der Waals surface area contributed by atoms with Gasteiger partial charge in [0, 0.05) is 13.2 Å². The van der Waals surface area contributed by atoms with Gasteiger partial charge in [0.05, 0.1) is 6.61 Å². The fourth-order valence-corrected chi connectivity index (χ4v) is 0.228. The Bertz CT molecular complexity index is 120. The van der Waals surface area contributed by atoms with Gasteiger partial charge < -0.3 is 20.7 Å². The van der Waals surface area contributed by atoms with Crippen molar-refractivity contribution in [3.8, 4) is 0 Å². The molecule has 0 heterocycles. The van der Waals surface area contributed by atoms with Crippen LogP contribution >= 0.6 is 0 Å². The predicted octanol–water partition coefficient (Wildman–Crippen LogP) is -0.863. The van der Waals surface area contributed by atoms with Crippen LogP contribution in [-0.2, 0) is 14.3 Å². The van der Waals surface area contributed by atoms with Crippen LogP contribution in [0.2, 0.25) is 0 Å². The Hall–Kier alpha value is -1.14. The molecule has 0 bridgehead atoms. The predicted molar refractivity (Wildman–Crippen MR) is 40.8 cm³/mol. The molecular formula is C6H13NO5. The molecule has 0 saturated carbocycles. The Morgan fingerprint density at radius 1 is 1.33 bits per heavy atom. The zero-order valence-electron chi connectivity index (χ0n) is 6.82. The van der Waals surface area contributed by atoms with Crippen molar-refractivity contribution in [2.75, 3.05) is 19.8 Å². The summed E-state index contributed by atoms with van der Waals surface area (Å²) in [6.45, 7) is 4.05. The number of aliphatic carboxylic acids is 2. The molecule has 0 aliphatic heterocycles. The highest BCUT2D eigenvalue weighted by atomic mass is 16.5. The minimum absolute atomic E-state index is 0.633. The van der Waals surface area contributed by atoms with Crippen LogP contribution in [0.15, 0.2) is 0 Å². The van der Waals surface area contributed by atoms with E-state index in [9.17, 15) is 0 Å². The zero-order chi connectivity index (χ0) is 9.98. The van der Waals surface area contributed by atoms with E-state index in [0.717, 1.165) is 6.61 Å². The molecule has 0 fully saturated rings. The first-order valence-corrected chi connectivity index (χ1v) is 3.30. The molecule has 0 aromatic heterocycles. The molecular weight excluding hydrogens is 166 g/mol. The maximum absolute atomic E-state index is 9.10. The lowest BCUT2D eigenvalue weighted by molar-refractivity contribution is -0.159. The van der Waals surface area contributed by atoms with E-state index in [1.165, 1.54) is 0 Å². The Balaban J connectivity index is 0. The second-order valence-electron chi connectivity index (χ2n) is 1.60. The van der Waals surface area contributed by atoms with Gasteiger partial charge in [-0.1, -0.05) is 0 Å². The number of hydrogen-bond acceptors (Lipinski definition) is 4. The molecule has 0 aliphatic carbocycles. The summed E-state index contributed by atoms with van der Waals surface area (Å²) in [4.78, 5) is 18.2. The second kappa shape index (κ2) is 9.86. The van der Waals surface area contributed by atoms with Crippen molar-refractivity contribution in [2.45, 2.75) is 6.92 Å². The van der Waals surface area contributed by atoms with Crippen molar-refractivity contribution in [1.82, 2.24) is 0 Å². The first kappa shape index (κ1) is 13.4. The van der Waals surface area contributed by atoms with Gasteiger partial charge in [0.15, 0.2) is 0 Å². The highest BCUT2D eigenvalue weighted by Gasteiger charge is 2.04. The summed E-state index contributed by atoms with van der Waals surface area (Å²) in [5, 5.41) is 14.8. The molecule has 0 amide bonds. The Kier molecular flexibility index (Phi) is 11.1. The smallest absolute Gasteiger partial charge is 0.414 e. The third-order valence-corrected chi connectivity index (χ3v) is 0.649. The summed E-state index contributed by atoms with van der Waals surface area (Å²) < 4.78 is 4.86. The van der Waals surface area contributed by atoms with Gasteiger partial charge in [-0.25, -0.2) is 9.59 Å². The summed E-state index contributed by atoms with van der Waals surface area (Å²) >= 11 is 0. The van der Waals surface area contributed by atoms with Gasteiger partial charge in [-0.15, -0.1) is 0 Å². The average Bonchev–Trinajstić information content (AvgIpc) is 2.02. The van der Waals surface area contributed by atoms with Crippen LogP contribution in [0.4, 0.5) is 0 Å². The molecule has 0 aliphatic rings. The number of nitrogens with two attached hydrogens (primary N) is 1. The lowest BCUT2D eigenvalue weighted by atomic mass is 10.7. The van der Waals surface area contributed by atoms with Crippen molar-refractivity contribution in [1.29, 1.82) is 0 Å². The molecule has 4 N–H and O–H groups in total. The summed E-state index contributed by atoms with van der Waals surface area (Å²) in [5.41, 5.74) is 5.09. The lowest BCUT2D eigenvalue weighted by Crippen LogP contribution is -2.09. The topological polar surface area (TPSA) is 110 Å². The lowest BCUT2D eigenvalue weighted by Gasteiger charge is -1.91. The molecule has 0 aromatic rings. The largest absolute Gasteiger partial charge is 0.473 e. The Morgan fingerprint density at radius 3 is 1.83 bits per heavy atom. The minimum Gasteiger partial charge on any atom is -0.473 e. The Labute approximate surface area is 69.9 Å². The van der Waals surface area contributed by atoms with E-state index in [-0.39, 0.29) is 0 Å². The number of ether oxygens (including phenoxy) is 1. The standard InChI is InChI=1S/C4H11NO.C2H2O4/c1-2-6-4-3-5;3-1(4)2(5)6/h2-5H2,1H3;(H,3,4)(H,5,6). The van der Waals surface area contributed by atoms with Crippen LogP contribution in [-0.4, -0.2) is 41.9 Å². The summed E-state index contributed by atoms with van der Waals surface area (Å²) in [5.74, 6) is -3.65. The van der Waals surface area contributed by atoms with E-state index in [2.05, 4.69) is 0 Å². The highest BCUT2D eigenvalue weighted by molar-refractivity contribution is 6.27. The fraction of sp³-hybridized carbons (Fsp3) is 0.667. The quantitative estimate of drug-likeness (QED) is 0.384. The molecule has 0 aromatic carbocycles. The third kappa shape index (κ3) is 15.9. The number of rotatable bonds is 3. The van der Waals surface area contributed by atoms with Crippen LogP contribution in [0.3, 0.4) is 0 Å². The highest BCUT2D eigenvalue weighted by Crippen LogP contribution is 1.64. The van der Waals surface area contributed by atoms with Gasteiger partial charge in [0.2, 0.25) is 0 Å². The van der Waals surface area contributed by atoms with E-state index < -0.39 is 11.9 Å². The van der Waals surface area contributed by atoms with Gasteiger partial charge in [-0.2, -0.15) is 0 Å². The van der Waals surface area contributed by atoms with Gasteiger partial charge in [-0.05, 0) is 6.92 Å². The Morgan fingerprint density at radius 2 is 1.75 bits per heavy atom. The van der Waals surface area contributed by atoms with E-state index in [1.807, 2.05) is 6.92 Å². The number of carbonyl (C=O) groups is 2. The van der Waals surface area contributed by atoms with Crippen molar-refractivity contribution < 1.29 is 24.5 Å². The van der Waals surface area contributed by atoms with Crippen LogP contribution < -0.4 is 5.73 Å². The summed E-state index contributed by atoms with van der Waals surface area (Å²) in [6, 6.07) is 0. The minimum atomic E-state index is -1.82. The van der Waals surface area contributed by atoms with Gasteiger partial charge >= 0.3 is 11.9 Å². The molecule has 6 nitrogen and oxygen atoms in total. The normalized spacial score (nSPS) is 8.17. The number of hydrogen-bond donors (Lipinski definition) is 3. The fourth-order valence-electron chi connectivity index (χ4n) is 0.228. The first-order chi connectivity index (χ1) is 5.56. The molecule has 0 saturated heterocycles. The number of carboxylic acids is 2.